The fourth-order valence-electron chi connectivity index (χ4n) is 3.85. The lowest BCUT2D eigenvalue weighted by atomic mass is 9.94. The molecule has 0 amide bonds. The molecule has 1 aliphatic heterocycles. The summed E-state index contributed by atoms with van der Waals surface area (Å²) in [5, 5.41) is 59.1. The molecule has 178 valence electrons. The third kappa shape index (κ3) is 6.18. The van der Waals surface area contributed by atoms with Gasteiger partial charge in [0.2, 0.25) is 0 Å². The number of benzene rings is 1. The van der Waals surface area contributed by atoms with Gasteiger partial charge in [0.1, 0.15) is 17.9 Å². The number of aliphatic hydroxyl groups is 4. The van der Waals surface area contributed by atoms with Crippen molar-refractivity contribution in [2.24, 2.45) is 5.11 Å². The van der Waals surface area contributed by atoms with Crippen LogP contribution < -0.4 is 5.32 Å². The summed E-state index contributed by atoms with van der Waals surface area (Å²) < 4.78 is 0. The normalized spacial score (nSPS) is 23.2. The van der Waals surface area contributed by atoms with Gasteiger partial charge in [0.05, 0.1) is 23.7 Å². The molecule has 1 aliphatic rings. The molecule has 0 aliphatic carbocycles. The van der Waals surface area contributed by atoms with E-state index in [0.29, 0.717) is 31.6 Å². The zero-order valence-electron chi connectivity index (χ0n) is 17.7. The minimum atomic E-state index is -1.27. The second-order valence-electron chi connectivity index (χ2n) is 7.79. The number of rotatable bonds is 10. The number of nitro benzene ring substituents is 1. The summed E-state index contributed by atoms with van der Waals surface area (Å²) in [6, 6.07) is 5.64. The lowest BCUT2D eigenvalue weighted by Gasteiger charge is -2.43. The first-order valence-electron chi connectivity index (χ1n) is 10.4. The molecule has 0 saturated carbocycles. The van der Waals surface area contributed by atoms with E-state index in [-0.39, 0.29) is 24.5 Å². The maximum absolute atomic E-state index is 11.3. The Bertz CT molecular complexity index is 1010. The molecule has 2 heterocycles. The summed E-state index contributed by atoms with van der Waals surface area (Å²) in [5.41, 5.74) is 9.90. The molecule has 0 unspecified atom stereocenters. The van der Waals surface area contributed by atoms with Gasteiger partial charge in [-0.3, -0.25) is 15.0 Å². The van der Waals surface area contributed by atoms with Crippen LogP contribution in [0.25, 0.3) is 10.4 Å². The molecule has 4 atom stereocenters. The van der Waals surface area contributed by atoms with Gasteiger partial charge in [-0.2, -0.15) is 0 Å². The summed E-state index contributed by atoms with van der Waals surface area (Å²) in [5.74, 6) is 0. The predicted octanol–water partition coefficient (Wildman–Crippen LogP) is 1.55. The predicted molar refractivity (Wildman–Crippen MR) is 123 cm³/mol. The number of likely N-dealkylation sites (tertiary alicyclic amines) is 1. The van der Waals surface area contributed by atoms with E-state index in [1.165, 1.54) is 18.2 Å². The van der Waals surface area contributed by atoms with Crippen molar-refractivity contribution in [1.82, 2.24) is 4.90 Å². The quantitative estimate of drug-likeness (QED) is 0.112. The van der Waals surface area contributed by atoms with Gasteiger partial charge < -0.3 is 25.7 Å². The average Bonchev–Trinajstić information content (AvgIpc) is 3.24. The van der Waals surface area contributed by atoms with Crippen LogP contribution >= 0.6 is 11.3 Å². The second kappa shape index (κ2) is 11.4. The molecule has 1 aromatic carbocycles. The molecule has 1 saturated heterocycles. The van der Waals surface area contributed by atoms with E-state index in [1.54, 1.807) is 16.2 Å². The molecule has 3 rings (SSSR count). The van der Waals surface area contributed by atoms with Crippen molar-refractivity contribution in [3.63, 3.8) is 0 Å². The summed E-state index contributed by atoms with van der Waals surface area (Å²) in [4.78, 5) is 16.3. The Morgan fingerprint density at radius 3 is 2.76 bits per heavy atom. The maximum atomic E-state index is 11.3. The van der Waals surface area contributed by atoms with Gasteiger partial charge in [0.15, 0.2) is 0 Å². The Balaban J connectivity index is 1.53. The molecule has 13 heteroatoms. The van der Waals surface area contributed by atoms with Crippen LogP contribution in [-0.4, -0.2) is 80.8 Å². The van der Waals surface area contributed by atoms with E-state index < -0.39 is 29.3 Å². The number of thiophene rings is 1. The largest absolute Gasteiger partial charge is 0.395 e. The van der Waals surface area contributed by atoms with Gasteiger partial charge in [-0.25, -0.2) is 0 Å². The molecule has 0 radical (unpaired) electrons. The molecule has 2 aromatic rings. The van der Waals surface area contributed by atoms with Crippen molar-refractivity contribution < 1.29 is 25.3 Å². The van der Waals surface area contributed by atoms with E-state index in [0.717, 1.165) is 10.4 Å². The second-order valence-corrected chi connectivity index (χ2v) is 8.79. The van der Waals surface area contributed by atoms with E-state index in [1.807, 2.05) is 11.4 Å². The zero-order chi connectivity index (χ0) is 24.0. The fourth-order valence-corrected chi connectivity index (χ4v) is 4.78. The van der Waals surface area contributed by atoms with Crippen molar-refractivity contribution >= 4 is 28.4 Å². The number of azide groups is 1. The topological polar surface area (TPSA) is 188 Å². The monoisotopic (exact) mass is 478 g/mol. The van der Waals surface area contributed by atoms with Crippen LogP contribution in [0.5, 0.6) is 0 Å². The molecule has 12 nitrogen and oxygen atoms in total. The Kier molecular flexibility index (Phi) is 8.58. The smallest absolute Gasteiger partial charge is 0.292 e. The lowest BCUT2D eigenvalue weighted by Crippen LogP contribution is -2.62. The highest BCUT2D eigenvalue weighted by Crippen LogP contribution is 2.29. The highest BCUT2D eigenvalue weighted by Gasteiger charge is 2.40. The van der Waals surface area contributed by atoms with Gasteiger partial charge in [0, 0.05) is 41.2 Å². The molecule has 0 spiro atoms. The molecular formula is C20H26N6O6S. The van der Waals surface area contributed by atoms with Crippen molar-refractivity contribution in [2.45, 2.75) is 37.2 Å². The molecule has 33 heavy (non-hydrogen) atoms. The first-order valence-corrected chi connectivity index (χ1v) is 11.2. The van der Waals surface area contributed by atoms with E-state index in [2.05, 4.69) is 15.3 Å². The number of hydrogen-bond acceptors (Lipinski definition) is 10. The van der Waals surface area contributed by atoms with Crippen LogP contribution in [0.4, 0.5) is 17.1 Å². The van der Waals surface area contributed by atoms with Crippen molar-refractivity contribution in [3.8, 4) is 0 Å². The minimum Gasteiger partial charge on any atom is -0.395 e. The minimum absolute atomic E-state index is 0.166. The lowest BCUT2D eigenvalue weighted by molar-refractivity contribution is -0.383. The first kappa shape index (κ1) is 24.9. The molecule has 0 bridgehead atoms. The van der Waals surface area contributed by atoms with Gasteiger partial charge >= 0.3 is 0 Å². The number of piperidine rings is 1. The van der Waals surface area contributed by atoms with Crippen LogP contribution in [0, 0.1) is 10.1 Å². The van der Waals surface area contributed by atoms with E-state index >= 15 is 0 Å². The Labute approximate surface area is 193 Å². The van der Waals surface area contributed by atoms with Gasteiger partial charge in [-0.1, -0.05) is 11.2 Å². The van der Waals surface area contributed by atoms with E-state index in [4.69, 9.17) is 5.53 Å². The Morgan fingerprint density at radius 1 is 1.27 bits per heavy atom. The van der Waals surface area contributed by atoms with E-state index in [9.17, 15) is 30.5 Å². The van der Waals surface area contributed by atoms with Crippen molar-refractivity contribution in [3.05, 3.63) is 60.6 Å². The average molecular weight is 479 g/mol. The number of β-amino-alcohol motifs (C(OH)–C–C–N with tert-alkyl or cyclic N) is 1. The highest BCUT2D eigenvalue weighted by atomic mass is 32.1. The number of aliphatic hydroxyl groups excluding tert-OH is 4. The molecular weight excluding hydrogens is 452 g/mol. The Morgan fingerprint density at radius 2 is 2.06 bits per heavy atom. The van der Waals surface area contributed by atoms with Gasteiger partial charge in [0.25, 0.3) is 5.69 Å². The van der Waals surface area contributed by atoms with Crippen LogP contribution in [0.15, 0.2) is 34.8 Å². The third-order valence-electron chi connectivity index (χ3n) is 5.64. The van der Waals surface area contributed by atoms with Crippen LogP contribution in [0.1, 0.15) is 10.4 Å². The maximum Gasteiger partial charge on any atom is 0.292 e. The fraction of sp³-hybridized carbons (Fsp3) is 0.500. The van der Waals surface area contributed by atoms with Crippen LogP contribution in [0.2, 0.25) is 0 Å². The molecule has 1 fully saturated rings. The summed E-state index contributed by atoms with van der Waals surface area (Å²) >= 11 is 1.56. The third-order valence-corrected chi connectivity index (χ3v) is 6.68. The summed E-state index contributed by atoms with van der Waals surface area (Å²) in [6.07, 6.45) is -2.27. The SMILES string of the molecule is [N-]=[N+]=Nc1ccc(NCCc2cc(CCN3C[C@H](O)[C@@H](O)[C@H](O)[C@H]3CO)cs2)c([N+](=O)[O-])c1. The number of hydrogen-bond donors (Lipinski definition) is 5. The number of nitrogens with one attached hydrogen (secondary N) is 1. The van der Waals surface area contributed by atoms with Crippen molar-refractivity contribution in [1.29, 1.82) is 0 Å². The number of nitrogens with zero attached hydrogens (tertiary/aromatic N) is 5. The van der Waals surface area contributed by atoms with Crippen LogP contribution in [-0.2, 0) is 12.8 Å². The number of anilines is 1. The molecule has 1 aromatic heterocycles. The van der Waals surface area contributed by atoms with Gasteiger partial charge in [-0.15, -0.1) is 11.3 Å². The summed E-state index contributed by atoms with van der Waals surface area (Å²) in [7, 11) is 0. The zero-order valence-corrected chi connectivity index (χ0v) is 18.5. The molecule has 5 N–H and O–H groups in total. The Hall–Kier alpha value is -2.77. The highest BCUT2D eigenvalue weighted by molar-refractivity contribution is 7.10. The standard InChI is InChI=1S/C20H26N6O6S/c21-24-23-13-1-2-15(16(8-13)26(31)32)22-5-3-14-7-12(11-33-14)4-6-25-9-18(28)20(30)19(29)17(25)10-27/h1-2,7-8,11,17-20,22,27-30H,3-6,9-10H2/t17-,18+,19-,20-/m1/s1. The van der Waals surface area contributed by atoms with Crippen LogP contribution in [0.3, 0.4) is 0 Å². The summed E-state index contributed by atoms with van der Waals surface area (Å²) in [6.45, 7) is 0.823. The van der Waals surface area contributed by atoms with Crippen molar-refractivity contribution in [2.75, 3.05) is 31.6 Å². The van der Waals surface area contributed by atoms with Gasteiger partial charge in [-0.05, 0) is 41.4 Å². The first-order chi connectivity index (χ1) is 15.8. The number of nitro groups is 1.